The van der Waals surface area contributed by atoms with Crippen LogP contribution in [0.5, 0.6) is 0 Å². The molecule has 0 radical (unpaired) electrons. The highest BCUT2D eigenvalue weighted by molar-refractivity contribution is 7.98. The average molecular weight is 448 g/mol. The van der Waals surface area contributed by atoms with Crippen molar-refractivity contribution in [3.63, 3.8) is 0 Å². The minimum atomic E-state index is -0.0516. The molecule has 6 nitrogen and oxygen atoms in total. The van der Waals surface area contributed by atoms with E-state index in [4.69, 9.17) is 16.6 Å². The second-order valence-electron chi connectivity index (χ2n) is 8.05. The minimum Gasteiger partial charge on any atom is -0.356 e. The number of nitrogens with zero attached hydrogens (tertiary/aromatic N) is 4. The number of carbonyl (C=O) groups is 1. The van der Waals surface area contributed by atoms with E-state index in [0.717, 1.165) is 36.9 Å². The number of hydrogen-bond acceptors (Lipinski definition) is 6. The average Bonchev–Trinajstić information content (AvgIpc) is 2.72. The molecule has 1 aliphatic heterocycles. The van der Waals surface area contributed by atoms with Crippen LogP contribution in [0.1, 0.15) is 35.7 Å². The summed E-state index contributed by atoms with van der Waals surface area (Å²) in [6.07, 6.45) is 2.35. The van der Waals surface area contributed by atoms with E-state index >= 15 is 0 Å². The number of thioether (sulfide) groups is 1. The van der Waals surface area contributed by atoms with Gasteiger partial charge in [-0.2, -0.15) is 0 Å². The lowest BCUT2D eigenvalue weighted by Crippen LogP contribution is -2.33. The molecule has 1 saturated heterocycles. The molecule has 1 amide bonds. The van der Waals surface area contributed by atoms with Crippen LogP contribution in [0, 0.1) is 5.92 Å². The first-order valence-corrected chi connectivity index (χ1v) is 11.7. The zero-order valence-corrected chi connectivity index (χ0v) is 19.5. The van der Waals surface area contributed by atoms with Gasteiger partial charge < -0.3 is 15.1 Å². The monoisotopic (exact) mass is 447 g/mol. The Bertz CT molecular complexity index is 855. The molecular weight excluding hydrogens is 418 g/mol. The molecule has 1 aromatic carbocycles. The van der Waals surface area contributed by atoms with Gasteiger partial charge in [-0.15, -0.1) is 0 Å². The summed E-state index contributed by atoms with van der Waals surface area (Å²) in [7, 11) is 3.97. The van der Waals surface area contributed by atoms with Gasteiger partial charge in [-0.25, -0.2) is 9.97 Å². The van der Waals surface area contributed by atoms with Gasteiger partial charge in [0.1, 0.15) is 11.0 Å². The van der Waals surface area contributed by atoms with E-state index in [1.54, 1.807) is 0 Å². The van der Waals surface area contributed by atoms with E-state index < -0.39 is 0 Å². The Morgan fingerprint density at radius 3 is 2.77 bits per heavy atom. The number of halogens is 1. The highest BCUT2D eigenvalue weighted by atomic mass is 35.5. The predicted molar refractivity (Wildman–Crippen MR) is 125 cm³/mol. The van der Waals surface area contributed by atoms with Crippen molar-refractivity contribution in [3.05, 3.63) is 46.6 Å². The van der Waals surface area contributed by atoms with Crippen molar-refractivity contribution in [1.29, 1.82) is 0 Å². The summed E-state index contributed by atoms with van der Waals surface area (Å²) in [6.45, 7) is 5.74. The molecular formula is C22H30ClN5OS. The van der Waals surface area contributed by atoms with Gasteiger partial charge in [-0.05, 0) is 50.6 Å². The molecule has 2 heterocycles. The first-order valence-electron chi connectivity index (χ1n) is 10.3. The van der Waals surface area contributed by atoms with Gasteiger partial charge in [-0.1, -0.05) is 42.4 Å². The number of piperidine rings is 1. The number of benzene rings is 1. The van der Waals surface area contributed by atoms with Crippen LogP contribution < -0.4 is 10.2 Å². The van der Waals surface area contributed by atoms with Crippen molar-refractivity contribution in [2.45, 2.75) is 30.7 Å². The van der Waals surface area contributed by atoms with Gasteiger partial charge in [0.25, 0.3) is 5.91 Å². The molecule has 1 aliphatic rings. The van der Waals surface area contributed by atoms with Crippen molar-refractivity contribution in [3.8, 4) is 0 Å². The van der Waals surface area contributed by atoms with Crippen LogP contribution >= 0.6 is 23.4 Å². The maximum atomic E-state index is 12.4. The zero-order valence-electron chi connectivity index (χ0n) is 17.9. The second-order valence-corrected chi connectivity index (χ2v) is 9.38. The van der Waals surface area contributed by atoms with Gasteiger partial charge in [0.05, 0.1) is 0 Å². The maximum Gasteiger partial charge on any atom is 0.251 e. The first-order chi connectivity index (χ1) is 14.4. The third-order valence-electron chi connectivity index (χ3n) is 5.17. The van der Waals surface area contributed by atoms with Crippen LogP contribution in [0.4, 0.5) is 5.82 Å². The fraction of sp³-hybridized carbons (Fsp3) is 0.500. The number of rotatable bonds is 8. The summed E-state index contributed by atoms with van der Waals surface area (Å²) in [4.78, 5) is 25.8. The Balaban J connectivity index is 1.61. The molecule has 0 spiro atoms. The molecule has 0 aliphatic carbocycles. The SMILES string of the molecule is CC1CCN(c2cc(Cl)nc(SCc3cccc(C(=O)NCCN(C)C)c3)n2)CC1. The molecule has 1 N–H and O–H groups in total. The van der Waals surface area contributed by atoms with Crippen LogP contribution in [-0.2, 0) is 5.75 Å². The van der Waals surface area contributed by atoms with Gasteiger partial charge in [-0.3, -0.25) is 4.79 Å². The highest BCUT2D eigenvalue weighted by Crippen LogP contribution is 2.27. The topological polar surface area (TPSA) is 61.4 Å². The summed E-state index contributed by atoms with van der Waals surface area (Å²) >= 11 is 7.81. The largest absolute Gasteiger partial charge is 0.356 e. The number of anilines is 1. The zero-order chi connectivity index (χ0) is 21.5. The predicted octanol–water partition coefficient (Wildman–Crippen LogP) is 3.95. The minimum absolute atomic E-state index is 0.0516. The first kappa shape index (κ1) is 22.8. The second kappa shape index (κ2) is 11.0. The lowest BCUT2D eigenvalue weighted by molar-refractivity contribution is 0.0951. The van der Waals surface area contributed by atoms with Crippen LogP contribution in [0.2, 0.25) is 5.15 Å². The standard InChI is InChI=1S/C22H30ClN5OS/c1-16-7-10-28(11-8-16)20-14-19(23)25-22(26-20)30-15-17-5-4-6-18(13-17)21(29)24-9-12-27(2)3/h4-6,13-14,16H,7-12,15H2,1-3H3,(H,24,29). The lowest BCUT2D eigenvalue weighted by atomic mass is 9.99. The number of hydrogen-bond donors (Lipinski definition) is 1. The van der Waals surface area contributed by atoms with Gasteiger partial charge >= 0.3 is 0 Å². The number of nitrogens with one attached hydrogen (secondary N) is 1. The molecule has 1 aromatic heterocycles. The lowest BCUT2D eigenvalue weighted by Gasteiger charge is -2.31. The highest BCUT2D eigenvalue weighted by Gasteiger charge is 2.18. The Morgan fingerprint density at radius 2 is 2.03 bits per heavy atom. The summed E-state index contributed by atoms with van der Waals surface area (Å²) in [5, 5.41) is 4.08. The molecule has 2 aromatic rings. The molecule has 0 unspecified atom stereocenters. The van der Waals surface area contributed by atoms with Crippen molar-refractivity contribution in [2.24, 2.45) is 5.92 Å². The van der Waals surface area contributed by atoms with Crippen LogP contribution in [0.3, 0.4) is 0 Å². The van der Waals surface area contributed by atoms with E-state index in [2.05, 4.69) is 22.1 Å². The molecule has 0 bridgehead atoms. The van der Waals surface area contributed by atoms with E-state index in [0.29, 0.717) is 28.2 Å². The summed E-state index contributed by atoms with van der Waals surface area (Å²) in [6, 6.07) is 9.54. The molecule has 0 atom stereocenters. The van der Waals surface area contributed by atoms with Crippen molar-refractivity contribution < 1.29 is 4.79 Å². The number of likely N-dealkylation sites (N-methyl/N-ethyl adjacent to an activating group) is 1. The van der Waals surface area contributed by atoms with E-state index in [1.807, 2.05) is 49.3 Å². The Morgan fingerprint density at radius 1 is 1.27 bits per heavy atom. The fourth-order valence-electron chi connectivity index (χ4n) is 3.30. The van der Waals surface area contributed by atoms with Crippen LogP contribution in [0.25, 0.3) is 0 Å². The van der Waals surface area contributed by atoms with Crippen LogP contribution in [0.15, 0.2) is 35.5 Å². The van der Waals surface area contributed by atoms with Crippen LogP contribution in [-0.4, -0.2) is 61.0 Å². The van der Waals surface area contributed by atoms with Crippen molar-refractivity contribution >= 4 is 35.1 Å². The maximum absolute atomic E-state index is 12.4. The Labute approximate surface area is 188 Å². The van der Waals surface area contributed by atoms with Gasteiger partial charge in [0.2, 0.25) is 0 Å². The van der Waals surface area contributed by atoms with E-state index in [-0.39, 0.29) is 5.91 Å². The third kappa shape index (κ3) is 6.86. The van der Waals surface area contributed by atoms with E-state index in [1.165, 1.54) is 24.6 Å². The third-order valence-corrected chi connectivity index (χ3v) is 6.28. The van der Waals surface area contributed by atoms with Gasteiger partial charge in [0, 0.05) is 43.6 Å². The fourth-order valence-corrected chi connectivity index (χ4v) is 4.32. The molecule has 30 heavy (non-hydrogen) atoms. The summed E-state index contributed by atoms with van der Waals surface area (Å²) in [5.41, 5.74) is 1.72. The molecule has 1 fully saturated rings. The normalized spacial score (nSPS) is 14.9. The summed E-state index contributed by atoms with van der Waals surface area (Å²) < 4.78 is 0. The summed E-state index contributed by atoms with van der Waals surface area (Å²) in [5.74, 6) is 2.29. The Kier molecular flexibility index (Phi) is 8.36. The molecule has 8 heteroatoms. The van der Waals surface area contributed by atoms with Crippen molar-refractivity contribution in [1.82, 2.24) is 20.2 Å². The number of carbonyl (C=O) groups excluding carboxylic acids is 1. The van der Waals surface area contributed by atoms with Gasteiger partial charge in [0.15, 0.2) is 5.16 Å². The van der Waals surface area contributed by atoms with Crippen molar-refractivity contribution in [2.75, 3.05) is 45.2 Å². The molecule has 0 saturated carbocycles. The Hall–Kier alpha value is -1.83. The smallest absolute Gasteiger partial charge is 0.251 e. The molecule has 3 rings (SSSR count). The van der Waals surface area contributed by atoms with E-state index in [9.17, 15) is 4.79 Å². The molecule has 162 valence electrons. The number of aromatic nitrogens is 2. The quantitative estimate of drug-likeness (QED) is 0.375. The number of amides is 1.